The molecular weight excluding hydrogens is 347 g/mol. The molecule has 2 N–H and O–H groups in total. The number of hydrogen-bond acceptors (Lipinski definition) is 4. The summed E-state index contributed by atoms with van der Waals surface area (Å²) in [6.07, 6.45) is 3.02. The van der Waals surface area contributed by atoms with E-state index in [-0.39, 0.29) is 5.69 Å². The van der Waals surface area contributed by atoms with Crippen molar-refractivity contribution in [3.05, 3.63) is 51.6 Å². The second kappa shape index (κ2) is 7.36. The molecule has 24 heavy (non-hydrogen) atoms. The van der Waals surface area contributed by atoms with Crippen molar-refractivity contribution in [2.45, 2.75) is 19.3 Å². The maximum absolute atomic E-state index is 11.0. The fourth-order valence-electron chi connectivity index (χ4n) is 3.00. The van der Waals surface area contributed by atoms with Gasteiger partial charge < -0.3 is 10.6 Å². The highest BCUT2D eigenvalue weighted by Gasteiger charge is 2.21. The van der Waals surface area contributed by atoms with Gasteiger partial charge in [0.2, 0.25) is 0 Å². The molecule has 0 radical (unpaired) electrons. The Bertz CT molecular complexity index is 728. The molecule has 0 spiro atoms. The van der Waals surface area contributed by atoms with E-state index in [1.807, 2.05) is 18.2 Å². The standard InChI is InChI=1S/C17H18Cl2N4O/c18-13-1-2-14(19)12(10-13)9-11-5-7-23(8-6-11)16-4-3-15(17(20)24)21-22-16/h1-4,10-11H,5-9H2,(H2,20,24). The van der Waals surface area contributed by atoms with Crippen molar-refractivity contribution in [2.75, 3.05) is 18.0 Å². The second-order valence-electron chi connectivity index (χ2n) is 6.01. The summed E-state index contributed by atoms with van der Waals surface area (Å²) in [5.74, 6) is 0.778. The lowest BCUT2D eigenvalue weighted by atomic mass is 9.90. The van der Waals surface area contributed by atoms with Gasteiger partial charge in [-0.1, -0.05) is 23.2 Å². The van der Waals surface area contributed by atoms with E-state index in [0.717, 1.165) is 53.8 Å². The number of anilines is 1. The topological polar surface area (TPSA) is 72.1 Å². The van der Waals surface area contributed by atoms with Gasteiger partial charge in [0, 0.05) is 23.1 Å². The number of rotatable bonds is 4. The Morgan fingerprint density at radius 2 is 1.92 bits per heavy atom. The molecule has 7 heteroatoms. The van der Waals surface area contributed by atoms with Gasteiger partial charge in [0.05, 0.1) is 0 Å². The number of primary amides is 1. The van der Waals surface area contributed by atoms with Crippen LogP contribution in [0.1, 0.15) is 28.9 Å². The average Bonchev–Trinajstić information content (AvgIpc) is 2.59. The maximum Gasteiger partial charge on any atom is 0.269 e. The van der Waals surface area contributed by atoms with Crippen LogP contribution in [0.4, 0.5) is 5.82 Å². The summed E-state index contributed by atoms with van der Waals surface area (Å²) in [7, 11) is 0. The molecule has 1 amide bonds. The van der Waals surface area contributed by atoms with Crippen molar-refractivity contribution in [1.29, 1.82) is 0 Å². The van der Waals surface area contributed by atoms with E-state index in [1.54, 1.807) is 12.1 Å². The Hall–Kier alpha value is -1.85. The van der Waals surface area contributed by atoms with E-state index in [2.05, 4.69) is 15.1 Å². The number of amides is 1. The molecule has 1 aliphatic heterocycles. The van der Waals surface area contributed by atoms with Gasteiger partial charge in [-0.05, 0) is 61.1 Å². The van der Waals surface area contributed by atoms with Crippen molar-refractivity contribution in [3.63, 3.8) is 0 Å². The largest absolute Gasteiger partial charge is 0.364 e. The van der Waals surface area contributed by atoms with Crippen LogP contribution in [0.2, 0.25) is 10.0 Å². The number of aromatic nitrogens is 2. The minimum Gasteiger partial charge on any atom is -0.364 e. The molecule has 0 unspecified atom stereocenters. The van der Waals surface area contributed by atoms with Gasteiger partial charge in [-0.3, -0.25) is 4.79 Å². The zero-order chi connectivity index (χ0) is 17.1. The Morgan fingerprint density at radius 3 is 2.54 bits per heavy atom. The summed E-state index contributed by atoms with van der Waals surface area (Å²) in [5, 5.41) is 9.45. The quantitative estimate of drug-likeness (QED) is 0.902. The van der Waals surface area contributed by atoms with Gasteiger partial charge >= 0.3 is 0 Å². The molecule has 1 fully saturated rings. The molecule has 0 atom stereocenters. The highest BCUT2D eigenvalue weighted by atomic mass is 35.5. The monoisotopic (exact) mass is 364 g/mol. The van der Waals surface area contributed by atoms with E-state index < -0.39 is 5.91 Å². The molecular formula is C17H18Cl2N4O. The van der Waals surface area contributed by atoms with Crippen LogP contribution in [-0.4, -0.2) is 29.2 Å². The van der Waals surface area contributed by atoms with Crippen LogP contribution < -0.4 is 10.6 Å². The number of nitrogens with zero attached hydrogens (tertiary/aromatic N) is 3. The smallest absolute Gasteiger partial charge is 0.269 e. The zero-order valence-corrected chi connectivity index (χ0v) is 14.6. The normalized spacial score (nSPS) is 15.5. The summed E-state index contributed by atoms with van der Waals surface area (Å²) in [6.45, 7) is 1.79. The van der Waals surface area contributed by atoms with Crippen LogP contribution in [0, 0.1) is 5.92 Å². The third-order valence-corrected chi connectivity index (χ3v) is 4.96. The number of carbonyl (C=O) groups is 1. The molecule has 5 nitrogen and oxygen atoms in total. The first-order valence-corrected chi connectivity index (χ1v) is 8.61. The number of benzene rings is 1. The third kappa shape index (κ3) is 3.97. The van der Waals surface area contributed by atoms with E-state index in [0.29, 0.717) is 5.92 Å². The first-order chi connectivity index (χ1) is 11.5. The summed E-state index contributed by atoms with van der Waals surface area (Å²) < 4.78 is 0. The van der Waals surface area contributed by atoms with Crippen molar-refractivity contribution in [3.8, 4) is 0 Å². The Kier molecular flexibility index (Phi) is 5.21. The number of hydrogen-bond donors (Lipinski definition) is 1. The summed E-state index contributed by atoms with van der Waals surface area (Å²) >= 11 is 12.3. The van der Waals surface area contributed by atoms with Crippen molar-refractivity contribution >= 4 is 34.9 Å². The number of halogens is 2. The molecule has 1 aromatic carbocycles. The third-order valence-electron chi connectivity index (χ3n) is 4.36. The van der Waals surface area contributed by atoms with Crippen LogP contribution in [0.5, 0.6) is 0 Å². The Labute approximate surface area is 150 Å². The van der Waals surface area contributed by atoms with Gasteiger partial charge in [0.15, 0.2) is 11.5 Å². The average molecular weight is 365 g/mol. The van der Waals surface area contributed by atoms with Gasteiger partial charge in [-0.15, -0.1) is 10.2 Å². The minimum atomic E-state index is -0.564. The first kappa shape index (κ1) is 17.0. The first-order valence-electron chi connectivity index (χ1n) is 7.85. The minimum absolute atomic E-state index is 0.184. The van der Waals surface area contributed by atoms with Crippen LogP contribution >= 0.6 is 23.2 Å². The van der Waals surface area contributed by atoms with Gasteiger partial charge in [0.25, 0.3) is 5.91 Å². The van der Waals surface area contributed by atoms with Crippen LogP contribution in [-0.2, 0) is 6.42 Å². The lowest BCUT2D eigenvalue weighted by Gasteiger charge is -2.32. The Morgan fingerprint density at radius 1 is 1.17 bits per heavy atom. The summed E-state index contributed by atoms with van der Waals surface area (Å²) in [5.41, 5.74) is 6.47. The van der Waals surface area contributed by atoms with Crippen LogP contribution in [0.3, 0.4) is 0 Å². The van der Waals surface area contributed by atoms with Gasteiger partial charge in [-0.2, -0.15) is 0 Å². The Balaban J connectivity index is 1.59. The highest BCUT2D eigenvalue weighted by molar-refractivity contribution is 6.33. The number of nitrogens with two attached hydrogens (primary N) is 1. The number of carbonyl (C=O) groups excluding carboxylic acids is 1. The molecule has 0 bridgehead atoms. The van der Waals surface area contributed by atoms with Crippen molar-refractivity contribution in [2.24, 2.45) is 11.7 Å². The lowest BCUT2D eigenvalue weighted by Crippen LogP contribution is -2.35. The zero-order valence-electron chi connectivity index (χ0n) is 13.1. The van der Waals surface area contributed by atoms with E-state index in [4.69, 9.17) is 28.9 Å². The molecule has 2 heterocycles. The maximum atomic E-state index is 11.0. The summed E-state index contributed by atoms with van der Waals surface area (Å²) in [4.78, 5) is 13.2. The van der Waals surface area contributed by atoms with E-state index in [1.165, 1.54) is 0 Å². The predicted molar refractivity (Wildman–Crippen MR) is 95.7 cm³/mol. The van der Waals surface area contributed by atoms with Crippen molar-refractivity contribution < 1.29 is 4.79 Å². The molecule has 126 valence electrons. The number of piperidine rings is 1. The molecule has 0 saturated carbocycles. The fraction of sp³-hybridized carbons (Fsp3) is 0.353. The molecule has 0 aliphatic carbocycles. The predicted octanol–water partition coefficient (Wildman–Crippen LogP) is 3.34. The molecule has 1 aliphatic rings. The van der Waals surface area contributed by atoms with Crippen molar-refractivity contribution in [1.82, 2.24) is 10.2 Å². The lowest BCUT2D eigenvalue weighted by molar-refractivity contribution is 0.0994. The molecule has 1 aromatic heterocycles. The molecule has 2 aromatic rings. The fourth-order valence-corrected chi connectivity index (χ4v) is 3.39. The summed E-state index contributed by atoms with van der Waals surface area (Å²) in [6, 6.07) is 9.02. The van der Waals surface area contributed by atoms with E-state index >= 15 is 0 Å². The second-order valence-corrected chi connectivity index (χ2v) is 6.85. The van der Waals surface area contributed by atoms with Gasteiger partial charge in [0.1, 0.15) is 0 Å². The van der Waals surface area contributed by atoms with E-state index in [9.17, 15) is 4.79 Å². The molecule has 1 saturated heterocycles. The molecule has 3 rings (SSSR count). The SMILES string of the molecule is NC(=O)c1ccc(N2CCC(Cc3cc(Cl)ccc3Cl)CC2)nn1. The highest BCUT2D eigenvalue weighted by Crippen LogP contribution is 2.28. The van der Waals surface area contributed by atoms with Gasteiger partial charge in [-0.25, -0.2) is 0 Å². The van der Waals surface area contributed by atoms with Crippen LogP contribution in [0.25, 0.3) is 0 Å². The van der Waals surface area contributed by atoms with Crippen LogP contribution in [0.15, 0.2) is 30.3 Å².